The summed E-state index contributed by atoms with van der Waals surface area (Å²) in [6.07, 6.45) is 1.61. The summed E-state index contributed by atoms with van der Waals surface area (Å²) in [4.78, 5) is 12.1. The van der Waals surface area contributed by atoms with E-state index in [1.54, 1.807) is 18.3 Å². The summed E-state index contributed by atoms with van der Waals surface area (Å²) in [5, 5.41) is 11.2. The summed E-state index contributed by atoms with van der Waals surface area (Å²) >= 11 is 12.3. The minimum absolute atomic E-state index is 0.378. The molecule has 0 bridgehead atoms. The molecule has 1 fully saturated rings. The molecule has 0 atom stereocenters. The molecule has 0 N–H and O–H groups in total. The van der Waals surface area contributed by atoms with Crippen LogP contribution in [0.25, 0.3) is 15.6 Å². The minimum atomic E-state index is 0.378. The topological polar surface area (TPSA) is 49.5 Å². The van der Waals surface area contributed by atoms with E-state index in [-0.39, 0.29) is 0 Å². The fourth-order valence-electron chi connectivity index (χ4n) is 3.09. The molecule has 1 aliphatic rings. The summed E-state index contributed by atoms with van der Waals surface area (Å²) in [5.41, 5.74) is 0.548. The van der Waals surface area contributed by atoms with Crippen LogP contribution in [0.15, 0.2) is 36.5 Å². The van der Waals surface area contributed by atoms with Gasteiger partial charge in [-0.25, -0.2) is 4.85 Å². The van der Waals surface area contributed by atoms with Gasteiger partial charge in [0.05, 0.1) is 6.57 Å². The molecule has 2 aromatic heterocycles. The molecule has 8 heteroatoms. The van der Waals surface area contributed by atoms with Gasteiger partial charge in [-0.2, -0.15) is 0 Å². The molecule has 1 saturated heterocycles. The van der Waals surface area contributed by atoms with Crippen LogP contribution in [-0.2, 0) is 0 Å². The van der Waals surface area contributed by atoms with Crippen molar-refractivity contribution in [1.82, 2.24) is 15.2 Å². The predicted molar refractivity (Wildman–Crippen MR) is 104 cm³/mol. The summed E-state index contributed by atoms with van der Waals surface area (Å²) in [6.45, 7) is 10.2. The second-order valence-electron chi connectivity index (χ2n) is 5.96. The monoisotopic (exact) mass is 384 g/mol. The average Bonchev–Trinajstić information content (AvgIpc) is 2.68. The van der Waals surface area contributed by atoms with Crippen molar-refractivity contribution in [2.75, 3.05) is 36.0 Å². The number of pyridine rings is 1. The maximum Gasteiger partial charge on any atom is 0.205 e. The average molecular weight is 385 g/mol. The third-order valence-electron chi connectivity index (χ3n) is 4.44. The Balaban J connectivity index is 1.56. The zero-order chi connectivity index (χ0) is 18.1. The van der Waals surface area contributed by atoms with Crippen LogP contribution in [-0.4, -0.2) is 41.4 Å². The Kier molecular flexibility index (Phi) is 4.49. The van der Waals surface area contributed by atoms with Gasteiger partial charge in [-0.05, 0) is 24.3 Å². The number of fused-ring (bicyclic) bond motifs is 1. The molecule has 0 amide bonds. The SMILES string of the molecule is [C-]#[N+]c1ccc(N2CCN(c3nnc(Cl)c4ccc(Cl)cc34)CC2)nc1. The van der Waals surface area contributed by atoms with Crippen molar-refractivity contribution >= 4 is 51.3 Å². The molecule has 0 unspecified atom stereocenters. The van der Waals surface area contributed by atoms with Crippen LogP contribution < -0.4 is 9.80 Å². The minimum Gasteiger partial charge on any atom is -0.353 e. The van der Waals surface area contributed by atoms with Gasteiger partial charge in [0, 0.05) is 48.2 Å². The van der Waals surface area contributed by atoms with Gasteiger partial charge in [0.1, 0.15) is 5.82 Å². The number of hydrogen-bond donors (Lipinski definition) is 0. The Morgan fingerprint density at radius 2 is 1.69 bits per heavy atom. The molecule has 3 heterocycles. The fraction of sp³-hybridized carbons (Fsp3) is 0.222. The summed E-state index contributed by atoms with van der Waals surface area (Å²) < 4.78 is 0. The molecular weight excluding hydrogens is 371 g/mol. The first kappa shape index (κ1) is 16.8. The third-order valence-corrected chi connectivity index (χ3v) is 4.96. The number of anilines is 2. The summed E-state index contributed by atoms with van der Waals surface area (Å²) in [7, 11) is 0. The maximum absolute atomic E-state index is 7.01. The van der Waals surface area contributed by atoms with Crippen molar-refractivity contribution in [3.63, 3.8) is 0 Å². The lowest BCUT2D eigenvalue weighted by atomic mass is 10.1. The van der Waals surface area contributed by atoms with E-state index in [9.17, 15) is 0 Å². The number of rotatable bonds is 2. The fourth-order valence-corrected chi connectivity index (χ4v) is 3.47. The van der Waals surface area contributed by atoms with E-state index in [2.05, 4.69) is 29.8 Å². The quantitative estimate of drug-likeness (QED) is 0.619. The van der Waals surface area contributed by atoms with Gasteiger partial charge in [0.25, 0.3) is 0 Å². The van der Waals surface area contributed by atoms with E-state index < -0.39 is 0 Å². The van der Waals surface area contributed by atoms with Crippen molar-refractivity contribution in [2.24, 2.45) is 0 Å². The second-order valence-corrected chi connectivity index (χ2v) is 6.76. The van der Waals surface area contributed by atoms with Crippen molar-refractivity contribution in [1.29, 1.82) is 0 Å². The second kappa shape index (κ2) is 6.94. The molecule has 0 aliphatic carbocycles. The highest BCUT2D eigenvalue weighted by molar-refractivity contribution is 6.35. The number of nitrogens with zero attached hydrogens (tertiary/aromatic N) is 6. The lowest BCUT2D eigenvalue weighted by molar-refractivity contribution is 0.640. The van der Waals surface area contributed by atoms with Gasteiger partial charge in [-0.15, -0.1) is 10.2 Å². The van der Waals surface area contributed by atoms with E-state index in [0.717, 1.165) is 48.6 Å². The van der Waals surface area contributed by atoms with Gasteiger partial charge in [0.2, 0.25) is 5.69 Å². The molecule has 0 spiro atoms. The Morgan fingerprint density at radius 1 is 0.923 bits per heavy atom. The standard InChI is InChI=1S/C18H14Cl2N6/c1-21-13-3-5-16(22-11-13)25-6-8-26(9-7-25)18-15-10-12(19)2-4-14(15)17(20)23-24-18/h2-5,10-11H,6-9H2. The first-order valence-electron chi connectivity index (χ1n) is 8.10. The number of piperazine rings is 1. The van der Waals surface area contributed by atoms with Gasteiger partial charge >= 0.3 is 0 Å². The van der Waals surface area contributed by atoms with Gasteiger partial charge in [-0.3, -0.25) is 4.98 Å². The number of aromatic nitrogens is 3. The molecule has 0 saturated carbocycles. The Bertz CT molecular complexity index is 991. The number of hydrogen-bond acceptors (Lipinski definition) is 5. The highest BCUT2D eigenvalue weighted by atomic mass is 35.5. The van der Waals surface area contributed by atoms with Gasteiger partial charge in [0.15, 0.2) is 11.0 Å². The lowest BCUT2D eigenvalue weighted by Crippen LogP contribution is -2.47. The molecule has 0 radical (unpaired) electrons. The molecule has 130 valence electrons. The number of halogens is 2. The van der Waals surface area contributed by atoms with Crippen molar-refractivity contribution in [3.05, 3.63) is 58.1 Å². The maximum atomic E-state index is 7.01. The summed E-state index contributed by atoms with van der Waals surface area (Å²) in [5.74, 6) is 1.68. The molecule has 1 aromatic carbocycles. The Hall–Kier alpha value is -2.62. The first-order valence-corrected chi connectivity index (χ1v) is 8.86. The molecule has 6 nitrogen and oxygen atoms in total. The predicted octanol–water partition coefficient (Wildman–Crippen LogP) is 4.21. The first-order chi connectivity index (χ1) is 12.7. The zero-order valence-corrected chi connectivity index (χ0v) is 15.2. The smallest absolute Gasteiger partial charge is 0.205 e. The third kappa shape index (κ3) is 3.12. The lowest BCUT2D eigenvalue weighted by Gasteiger charge is -2.36. The zero-order valence-electron chi connectivity index (χ0n) is 13.7. The van der Waals surface area contributed by atoms with Crippen LogP contribution in [0.1, 0.15) is 0 Å². The Labute approximate surface area is 160 Å². The largest absolute Gasteiger partial charge is 0.353 e. The molecule has 1 aliphatic heterocycles. The van der Waals surface area contributed by atoms with Crippen LogP contribution in [0.3, 0.4) is 0 Å². The number of benzene rings is 1. The van der Waals surface area contributed by atoms with Crippen molar-refractivity contribution in [3.8, 4) is 0 Å². The van der Waals surface area contributed by atoms with Crippen LogP contribution >= 0.6 is 23.2 Å². The highest BCUT2D eigenvalue weighted by Gasteiger charge is 2.22. The molecule has 26 heavy (non-hydrogen) atoms. The van der Waals surface area contributed by atoms with Crippen LogP contribution in [0.4, 0.5) is 17.3 Å². The van der Waals surface area contributed by atoms with E-state index in [4.69, 9.17) is 29.8 Å². The van der Waals surface area contributed by atoms with Gasteiger partial charge in [-0.1, -0.05) is 29.3 Å². The highest BCUT2D eigenvalue weighted by Crippen LogP contribution is 2.31. The van der Waals surface area contributed by atoms with Crippen LogP contribution in [0.5, 0.6) is 0 Å². The van der Waals surface area contributed by atoms with E-state index in [1.807, 2.05) is 18.2 Å². The van der Waals surface area contributed by atoms with Crippen LogP contribution in [0.2, 0.25) is 10.2 Å². The Morgan fingerprint density at radius 3 is 2.38 bits per heavy atom. The van der Waals surface area contributed by atoms with Crippen LogP contribution in [0, 0.1) is 6.57 Å². The van der Waals surface area contributed by atoms with E-state index in [0.29, 0.717) is 15.9 Å². The van der Waals surface area contributed by atoms with E-state index >= 15 is 0 Å². The van der Waals surface area contributed by atoms with Crippen molar-refractivity contribution in [2.45, 2.75) is 0 Å². The van der Waals surface area contributed by atoms with Gasteiger partial charge < -0.3 is 9.80 Å². The van der Waals surface area contributed by atoms with E-state index in [1.165, 1.54) is 0 Å². The molecule has 3 aromatic rings. The molecule has 4 rings (SSSR count). The summed E-state index contributed by atoms with van der Waals surface area (Å²) in [6, 6.07) is 9.24. The molecular formula is C18H14Cl2N6. The van der Waals surface area contributed by atoms with Crippen molar-refractivity contribution < 1.29 is 0 Å². The normalized spacial score (nSPS) is 14.5.